The number of benzene rings is 1. The summed E-state index contributed by atoms with van der Waals surface area (Å²) in [4.78, 5) is 0. The molecule has 2 atom stereocenters. The molecule has 1 saturated heterocycles. The molecule has 2 heteroatoms. The SMILES string of the molecule is C=CC1CCC(C2CCC(c3ccc(I)cc3)CC2)OC1. The third kappa shape index (κ3) is 3.89. The van der Waals surface area contributed by atoms with Crippen molar-refractivity contribution in [2.24, 2.45) is 11.8 Å². The molecule has 1 aliphatic carbocycles. The van der Waals surface area contributed by atoms with Gasteiger partial charge in [-0.15, -0.1) is 6.58 Å². The predicted octanol–water partition coefficient (Wildman–Crippen LogP) is 5.55. The predicted molar refractivity (Wildman–Crippen MR) is 96.5 cm³/mol. The summed E-state index contributed by atoms with van der Waals surface area (Å²) in [6.45, 7) is 4.79. The highest BCUT2D eigenvalue weighted by Crippen LogP contribution is 2.40. The van der Waals surface area contributed by atoms with Crippen LogP contribution in [0.4, 0.5) is 0 Å². The van der Waals surface area contributed by atoms with Gasteiger partial charge in [0.15, 0.2) is 0 Å². The zero-order chi connectivity index (χ0) is 14.7. The summed E-state index contributed by atoms with van der Waals surface area (Å²) in [5.41, 5.74) is 1.53. The van der Waals surface area contributed by atoms with Gasteiger partial charge in [-0.3, -0.25) is 0 Å². The van der Waals surface area contributed by atoms with Gasteiger partial charge in [0.25, 0.3) is 0 Å². The molecule has 2 fully saturated rings. The molecule has 114 valence electrons. The maximum absolute atomic E-state index is 6.11. The first kappa shape index (κ1) is 15.5. The number of hydrogen-bond acceptors (Lipinski definition) is 1. The van der Waals surface area contributed by atoms with E-state index in [9.17, 15) is 0 Å². The molecule has 1 aliphatic heterocycles. The minimum Gasteiger partial charge on any atom is -0.377 e. The molecule has 1 nitrogen and oxygen atoms in total. The molecular formula is C19H25IO. The monoisotopic (exact) mass is 396 g/mol. The molecule has 3 rings (SSSR count). The third-order valence-corrected chi connectivity index (χ3v) is 6.04. The number of rotatable bonds is 3. The lowest BCUT2D eigenvalue weighted by Gasteiger charge is -2.37. The lowest BCUT2D eigenvalue weighted by molar-refractivity contribution is -0.0469. The third-order valence-electron chi connectivity index (χ3n) is 5.32. The van der Waals surface area contributed by atoms with E-state index >= 15 is 0 Å². The first-order valence-corrected chi connectivity index (χ1v) is 9.33. The van der Waals surface area contributed by atoms with Gasteiger partial charge >= 0.3 is 0 Å². The fourth-order valence-corrected chi connectivity index (χ4v) is 4.27. The lowest BCUT2D eigenvalue weighted by Crippen LogP contribution is -2.33. The highest BCUT2D eigenvalue weighted by Gasteiger charge is 2.31. The molecule has 0 amide bonds. The lowest BCUT2D eigenvalue weighted by atomic mass is 9.75. The van der Waals surface area contributed by atoms with Gasteiger partial charge in [-0.2, -0.15) is 0 Å². The number of halogens is 1. The quantitative estimate of drug-likeness (QED) is 0.481. The topological polar surface area (TPSA) is 9.23 Å². The Balaban J connectivity index is 1.51. The van der Waals surface area contributed by atoms with Gasteiger partial charge in [-0.05, 0) is 90.6 Å². The van der Waals surface area contributed by atoms with Crippen LogP contribution in [-0.2, 0) is 4.74 Å². The van der Waals surface area contributed by atoms with Gasteiger partial charge in [-0.25, -0.2) is 0 Å². The average Bonchev–Trinajstić information content (AvgIpc) is 2.56. The molecule has 0 aromatic heterocycles. The van der Waals surface area contributed by atoms with Gasteiger partial charge < -0.3 is 4.74 Å². The fraction of sp³-hybridized carbons (Fsp3) is 0.579. The first-order valence-electron chi connectivity index (χ1n) is 8.26. The number of ether oxygens (including phenoxy) is 1. The van der Waals surface area contributed by atoms with Gasteiger partial charge in [0.2, 0.25) is 0 Å². The molecule has 1 saturated carbocycles. The minimum atomic E-state index is 0.513. The Bertz CT molecular complexity index is 451. The summed E-state index contributed by atoms with van der Waals surface area (Å²) in [7, 11) is 0. The van der Waals surface area contributed by atoms with E-state index in [0.29, 0.717) is 12.0 Å². The fourth-order valence-electron chi connectivity index (χ4n) is 3.91. The Labute approximate surface area is 142 Å². The zero-order valence-electron chi connectivity index (χ0n) is 12.6. The average molecular weight is 396 g/mol. The molecular weight excluding hydrogens is 371 g/mol. The summed E-state index contributed by atoms with van der Waals surface area (Å²) in [6, 6.07) is 9.11. The van der Waals surface area contributed by atoms with Crippen LogP contribution in [0.2, 0.25) is 0 Å². The van der Waals surface area contributed by atoms with Gasteiger partial charge in [-0.1, -0.05) is 18.2 Å². The van der Waals surface area contributed by atoms with Crippen molar-refractivity contribution in [1.82, 2.24) is 0 Å². The van der Waals surface area contributed by atoms with Crippen molar-refractivity contribution in [3.05, 3.63) is 46.1 Å². The van der Waals surface area contributed by atoms with Crippen molar-refractivity contribution in [3.8, 4) is 0 Å². The molecule has 0 N–H and O–H groups in total. The van der Waals surface area contributed by atoms with Crippen LogP contribution in [0.25, 0.3) is 0 Å². The Morgan fingerprint density at radius 3 is 2.29 bits per heavy atom. The second-order valence-corrected chi connectivity index (χ2v) is 7.85. The first-order chi connectivity index (χ1) is 10.3. The van der Waals surface area contributed by atoms with Crippen molar-refractivity contribution in [3.63, 3.8) is 0 Å². The minimum absolute atomic E-state index is 0.513. The number of hydrogen-bond donors (Lipinski definition) is 0. The summed E-state index contributed by atoms with van der Waals surface area (Å²) in [5.74, 6) is 2.14. The highest BCUT2D eigenvalue weighted by molar-refractivity contribution is 14.1. The molecule has 2 unspecified atom stereocenters. The Morgan fingerprint density at radius 1 is 1.00 bits per heavy atom. The second kappa shape index (κ2) is 7.28. The summed E-state index contributed by atoms with van der Waals surface area (Å²) >= 11 is 2.38. The van der Waals surface area contributed by atoms with Crippen LogP contribution >= 0.6 is 22.6 Å². The Morgan fingerprint density at radius 2 is 1.71 bits per heavy atom. The van der Waals surface area contributed by atoms with Crippen molar-refractivity contribution >= 4 is 22.6 Å². The Kier molecular flexibility index (Phi) is 5.38. The molecule has 1 heterocycles. The van der Waals surface area contributed by atoms with E-state index in [2.05, 4.69) is 59.5 Å². The molecule has 0 spiro atoms. The van der Waals surface area contributed by atoms with Gasteiger partial charge in [0.1, 0.15) is 0 Å². The van der Waals surface area contributed by atoms with E-state index in [1.807, 2.05) is 0 Å². The standard InChI is InChI=1S/C19H25IO/c1-2-14-3-12-19(21-13-14)17-6-4-15(5-7-17)16-8-10-18(20)11-9-16/h2,8-11,14-15,17,19H,1,3-7,12-13H2. The van der Waals surface area contributed by atoms with E-state index in [1.54, 1.807) is 0 Å². The molecule has 1 aromatic rings. The normalized spacial score (nSPS) is 33.6. The molecule has 2 aliphatic rings. The van der Waals surface area contributed by atoms with Crippen molar-refractivity contribution in [2.75, 3.05) is 6.61 Å². The van der Waals surface area contributed by atoms with Crippen LogP contribution in [0.3, 0.4) is 0 Å². The Hall–Kier alpha value is -0.350. The molecule has 0 radical (unpaired) electrons. The van der Waals surface area contributed by atoms with Gasteiger partial charge in [0.05, 0.1) is 12.7 Å². The van der Waals surface area contributed by atoms with Crippen LogP contribution in [-0.4, -0.2) is 12.7 Å². The van der Waals surface area contributed by atoms with E-state index < -0.39 is 0 Å². The largest absolute Gasteiger partial charge is 0.377 e. The summed E-state index contributed by atoms with van der Waals surface area (Å²) < 4.78 is 7.44. The van der Waals surface area contributed by atoms with Crippen LogP contribution in [0.5, 0.6) is 0 Å². The van der Waals surface area contributed by atoms with Crippen LogP contribution in [0, 0.1) is 15.4 Å². The van der Waals surface area contributed by atoms with Crippen molar-refractivity contribution < 1.29 is 4.74 Å². The van der Waals surface area contributed by atoms with E-state index in [-0.39, 0.29) is 0 Å². The molecule has 0 bridgehead atoms. The van der Waals surface area contributed by atoms with Crippen molar-refractivity contribution in [1.29, 1.82) is 0 Å². The van der Waals surface area contributed by atoms with E-state index in [1.165, 1.54) is 47.7 Å². The van der Waals surface area contributed by atoms with Crippen LogP contribution in [0.1, 0.15) is 50.0 Å². The second-order valence-electron chi connectivity index (χ2n) is 6.61. The maximum Gasteiger partial charge on any atom is 0.0603 e. The van der Waals surface area contributed by atoms with Gasteiger partial charge in [0, 0.05) is 9.49 Å². The smallest absolute Gasteiger partial charge is 0.0603 e. The van der Waals surface area contributed by atoms with Crippen LogP contribution in [0.15, 0.2) is 36.9 Å². The molecule has 21 heavy (non-hydrogen) atoms. The van der Waals surface area contributed by atoms with Crippen LogP contribution < -0.4 is 0 Å². The maximum atomic E-state index is 6.11. The van der Waals surface area contributed by atoms with E-state index in [4.69, 9.17) is 4.74 Å². The summed E-state index contributed by atoms with van der Waals surface area (Å²) in [6.07, 6.45) is 10.4. The zero-order valence-corrected chi connectivity index (χ0v) is 14.8. The summed E-state index contributed by atoms with van der Waals surface area (Å²) in [5, 5.41) is 0. The highest BCUT2D eigenvalue weighted by atomic mass is 127. The molecule has 1 aromatic carbocycles. The van der Waals surface area contributed by atoms with E-state index in [0.717, 1.165) is 18.4 Å². The van der Waals surface area contributed by atoms with Crippen molar-refractivity contribution in [2.45, 2.75) is 50.5 Å².